The van der Waals surface area contributed by atoms with E-state index in [1.54, 1.807) is 0 Å². The van der Waals surface area contributed by atoms with Crippen LogP contribution in [0.4, 0.5) is 0 Å². The molecule has 0 aliphatic heterocycles. The fourth-order valence-corrected chi connectivity index (χ4v) is 6.43. The Hall–Kier alpha value is -4.44. The molecule has 7 aromatic rings. The van der Waals surface area contributed by atoms with Crippen molar-refractivity contribution in [2.24, 2.45) is 14.1 Å². The molecular formula is C38H41N4+. The van der Waals surface area contributed by atoms with Crippen LogP contribution in [0.15, 0.2) is 85.2 Å². The Kier molecular flexibility index (Phi) is 7.32. The molecule has 0 amide bonds. The molecule has 4 heteroatoms. The highest BCUT2D eigenvalue weighted by molar-refractivity contribution is 6.12. The lowest BCUT2D eigenvalue weighted by atomic mass is 9.98. The Morgan fingerprint density at radius 1 is 0.738 bits per heavy atom. The molecule has 4 heterocycles. The zero-order valence-electron chi connectivity index (χ0n) is 26.0. The van der Waals surface area contributed by atoms with Crippen LogP contribution in [0.2, 0.25) is 0 Å². The van der Waals surface area contributed by atoms with Crippen molar-refractivity contribution < 1.29 is 4.57 Å². The highest BCUT2D eigenvalue weighted by Gasteiger charge is 2.17. The van der Waals surface area contributed by atoms with Gasteiger partial charge >= 0.3 is 0 Å². The summed E-state index contributed by atoms with van der Waals surface area (Å²) in [5.41, 5.74) is 12.8. The number of unbranched alkanes of at least 4 members (excludes halogenated alkanes) is 1. The number of hydrogen-bond donors (Lipinski definition) is 0. The normalized spacial score (nSPS) is 11.5. The second kappa shape index (κ2) is 11.1. The maximum atomic E-state index is 4.83. The molecule has 0 N–H and O–H groups in total. The van der Waals surface area contributed by atoms with Gasteiger partial charge < -0.3 is 9.13 Å². The second-order valence-electron chi connectivity index (χ2n) is 11.7. The molecule has 3 aromatic carbocycles. The van der Waals surface area contributed by atoms with Gasteiger partial charge in [0.25, 0.3) is 0 Å². The van der Waals surface area contributed by atoms with Crippen LogP contribution in [-0.2, 0) is 20.6 Å². The number of benzene rings is 3. The van der Waals surface area contributed by atoms with Gasteiger partial charge in [-0.15, -0.1) is 0 Å². The van der Waals surface area contributed by atoms with Gasteiger partial charge in [0, 0.05) is 70.9 Å². The number of hydrogen-bond acceptors (Lipinski definition) is 1. The first kappa shape index (κ1) is 27.7. The molecule has 0 saturated carbocycles. The minimum Gasteiger partial charge on any atom is -0.339 e. The molecule has 0 fully saturated rings. The van der Waals surface area contributed by atoms with Crippen LogP contribution in [0.1, 0.15) is 42.1 Å². The molecule has 0 spiro atoms. The highest BCUT2D eigenvalue weighted by Crippen LogP contribution is 2.36. The number of para-hydroxylation sites is 2. The summed E-state index contributed by atoms with van der Waals surface area (Å²) in [6.45, 7) is 12.0. The van der Waals surface area contributed by atoms with Crippen molar-refractivity contribution in [2.45, 2.75) is 54.0 Å². The lowest BCUT2D eigenvalue weighted by molar-refractivity contribution is -0.676. The molecule has 42 heavy (non-hydrogen) atoms. The van der Waals surface area contributed by atoms with Crippen molar-refractivity contribution >= 4 is 43.6 Å². The van der Waals surface area contributed by atoms with E-state index in [0.29, 0.717) is 0 Å². The number of rotatable bonds is 4. The zero-order valence-corrected chi connectivity index (χ0v) is 26.0. The first-order valence-electron chi connectivity index (χ1n) is 15.1. The lowest BCUT2D eigenvalue weighted by Crippen LogP contribution is -2.31. The first-order valence-corrected chi connectivity index (χ1v) is 15.1. The van der Waals surface area contributed by atoms with Gasteiger partial charge in [0.2, 0.25) is 5.69 Å². The third-order valence-electron chi connectivity index (χ3n) is 9.10. The standard InChI is InChI=1S/C24H26N2.C14H15N2/c1-5-6-13-26-22-10-8-7-9-20(22)21-11-12-25-23(24(21)26)19-14-16(2)18(4)17(3)15-19;1-10-14-12(8-9-15(10)2)11-6-4-5-7-13(11)16(14)3/h7-12,14-15H,5-6,13H2,1-4H3;4-9H,1-3H3/q;+1. The third-order valence-corrected chi connectivity index (χ3v) is 9.10. The van der Waals surface area contributed by atoms with E-state index >= 15 is 0 Å². The van der Waals surface area contributed by atoms with E-state index in [-0.39, 0.29) is 0 Å². The molecule has 0 aliphatic carbocycles. The summed E-state index contributed by atoms with van der Waals surface area (Å²) in [5, 5.41) is 5.30. The minimum atomic E-state index is 1.03. The molecule has 0 bridgehead atoms. The summed E-state index contributed by atoms with van der Waals surface area (Å²) < 4.78 is 6.92. The maximum Gasteiger partial charge on any atom is 0.202 e. The average Bonchev–Trinajstić information content (AvgIpc) is 3.49. The van der Waals surface area contributed by atoms with Gasteiger partial charge in [0.15, 0.2) is 6.20 Å². The van der Waals surface area contributed by atoms with E-state index in [2.05, 4.69) is 141 Å². The largest absolute Gasteiger partial charge is 0.339 e. The summed E-state index contributed by atoms with van der Waals surface area (Å²) in [4.78, 5) is 4.83. The van der Waals surface area contributed by atoms with Gasteiger partial charge in [-0.25, -0.2) is 4.57 Å². The van der Waals surface area contributed by atoms with E-state index in [0.717, 1.165) is 12.2 Å². The van der Waals surface area contributed by atoms with E-state index in [1.807, 2.05) is 6.20 Å². The molecular weight excluding hydrogens is 512 g/mol. The van der Waals surface area contributed by atoms with Crippen molar-refractivity contribution in [1.82, 2.24) is 14.1 Å². The monoisotopic (exact) mass is 553 g/mol. The number of aromatic nitrogens is 4. The minimum absolute atomic E-state index is 1.03. The summed E-state index contributed by atoms with van der Waals surface area (Å²) >= 11 is 0. The van der Waals surface area contributed by atoms with Crippen LogP contribution in [0.5, 0.6) is 0 Å². The van der Waals surface area contributed by atoms with Crippen LogP contribution in [0.25, 0.3) is 54.9 Å². The summed E-state index contributed by atoms with van der Waals surface area (Å²) in [7, 11) is 4.23. The van der Waals surface area contributed by atoms with Crippen molar-refractivity contribution in [3.63, 3.8) is 0 Å². The summed E-state index contributed by atoms with van der Waals surface area (Å²) in [6, 6.07) is 26.2. The highest BCUT2D eigenvalue weighted by atomic mass is 15.0. The predicted octanol–water partition coefficient (Wildman–Crippen LogP) is 9.05. The van der Waals surface area contributed by atoms with Gasteiger partial charge in [-0.05, 0) is 74.2 Å². The number of pyridine rings is 2. The molecule has 0 aliphatic rings. The molecule has 0 radical (unpaired) electrons. The SMILES string of the molecule is CCCCn1c2ccccc2c2ccnc(-c3cc(C)c(C)c(C)c3)c21.Cc1c2c(cc[n+]1C)c1ccccc1n2C. The molecule has 0 atom stereocenters. The van der Waals surface area contributed by atoms with Crippen LogP contribution in [0.3, 0.4) is 0 Å². The number of fused-ring (bicyclic) bond motifs is 6. The first-order chi connectivity index (χ1) is 20.3. The van der Waals surface area contributed by atoms with E-state index in [1.165, 1.54) is 84.4 Å². The molecule has 0 unspecified atom stereocenters. The number of nitrogens with zero attached hydrogens (tertiary/aromatic N) is 4. The van der Waals surface area contributed by atoms with Crippen molar-refractivity contribution in [3.05, 3.63) is 108 Å². The number of aryl methyl sites for hydroxylation is 6. The smallest absolute Gasteiger partial charge is 0.202 e. The third kappa shape index (κ3) is 4.56. The summed E-state index contributed by atoms with van der Waals surface area (Å²) in [6.07, 6.45) is 6.45. The fourth-order valence-electron chi connectivity index (χ4n) is 6.43. The van der Waals surface area contributed by atoms with Gasteiger partial charge in [0.05, 0.1) is 11.2 Å². The summed E-state index contributed by atoms with van der Waals surface area (Å²) in [5.74, 6) is 0. The molecule has 212 valence electrons. The predicted molar refractivity (Wildman–Crippen MR) is 178 cm³/mol. The average molecular weight is 554 g/mol. The van der Waals surface area contributed by atoms with Gasteiger partial charge in [-0.1, -0.05) is 49.7 Å². The van der Waals surface area contributed by atoms with E-state index in [4.69, 9.17) is 4.98 Å². The zero-order chi connectivity index (χ0) is 29.5. The molecule has 4 aromatic heterocycles. The van der Waals surface area contributed by atoms with Gasteiger partial charge in [-0.3, -0.25) is 4.98 Å². The van der Waals surface area contributed by atoms with Crippen LogP contribution in [-0.4, -0.2) is 14.1 Å². The fraction of sp³-hybridized carbons (Fsp3) is 0.263. The Morgan fingerprint density at radius 2 is 1.36 bits per heavy atom. The quantitative estimate of drug-likeness (QED) is 0.200. The Morgan fingerprint density at radius 3 is 2.05 bits per heavy atom. The van der Waals surface area contributed by atoms with Gasteiger partial charge in [-0.2, -0.15) is 0 Å². The van der Waals surface area contributed by atoms with Crippen LogP contribution >= 0.6 is 0 Å². The molecule has 7 rings (SSSR count). The Bertz CT molecular complexity index is 2070. The van der Waals surface area contributed by atoms with E-state index < -0.39 is 0 Å². The Labute approximate surface area is 248 Å². The van der Waals surface area contributed by atoms with Crippen LogP contribution < -0.4 is 4.57 Å². The van der Waals surface area contributed by atoms with Crippen LogP contribution in [0, 0.1) is 27.7 Å². The van der Waals surface area contributed by atoms with Crippen molar-refractivity contribution in [2.75, 3.05) is 0 Å². The molecule has 4 nitrogen and oxygen atoms in total. The van der Waals surface area contributed by atoms with Crippen molar-refractivity contribution in [3.8, 4) is 11.3 Å². The molecule has 0 saturated heterocycles. The Balaban J connectivity index is 0.000000168. The lowest BCUT2D eigenvalue weighted by Gasteiger charge is -2.12. The van der Waals surface area contributed by atoms with E-state index in [9.17, 15) is 0 Å². The van der Waals surface area contributed by atoms with Gasteiger partial charge in [0.1, 0.15) is 12.6 Å². The second-order valence-corrected chi connectivity index (χ2v) is 11.7. The topological polar surface area (TPSA) is 26.6 Å². The maximum absolute atomic E-state index is 4.83. The van der Waals surface area contributed by atoms with Crippen molar-refractivity contribution in [1.29, 1.82) is 0 Å².